The lowest BCUT2D eigenvalue weighted by atomic mass is 10.3. The maximum absolute atomic E-state index is 11.3. The van der Waals surface area contributed by atoms with E-state index < -0.39 is 0 Å². The van der Waals surface area contributed by atoms with Gasteiger partial charge in [-0.15, -0.1) is 0 Å². The quantitative estimate of drug-likeness (QED) is 0.766. The number of hydrogen-bond acceptors (Lipinski definition) is 2. The van der Waals surface area contributed by atoms with Crippen molar-refractivity contribution in [3.63, 3.8) is 0 Å². The van der Waals surface area contributed by atoms with Crippen LogP contribution >= 0.6 is 23.2 Å². The Kier molecular flexibility index (Phi) is 4.68. The zero-order chi connectivity index (χ0) is 11.3. The molecule has 0 radical (unpaired) electrons. The predicted octanol–water partition coefficient (Wildman–Crippen LogP) is 2.07. The van der Waals surface area contributed by atoms with Gasteiger partial charge >= 0.3 is 6.03 Å². The van der Waals surface area contributed by atoms with E-state index in [4.69, 9.17) is 28.9 Å². The fourth-order valence-corrected chi connectivity index (χ4v) is 1.45. The minimum atomic E-state index is -0.379. The van der Waals surface area contributed by atoms with Crippen molar-refractivity contribution < 1.29 is 4.79 Å². The normalized spacial score (nSPS) is 9.80. The maximum Gasteiger partial charge on any atom is 0.319 e. The second-order valence-electron chi connectivity index (χ2n) is 2.77. The van der Waals surface area contributed by atoms with Crippen molar-refractivity contribution in [2.75, 3.05) is 18.4 Å². The lowest BCUT2D eigenvalue weighted by Crippen LogP contribution is -2.33. The molecule has 6 heteroatoms. The molecule has 0 bridgehead atoms. The third-order valence-corrected chi connectivity index (χ3v) is 2.26. The number of nitrogens with one attached hydrogen (secondary N) is 2. The molecule has 4 nitrogen and oxygen atoms in total. The number of halogens is 2. The van der Waals surface area contributed by atoms with Crippen LogP contribution in [-0.2, 0) is 0 Å². The first-order valence-corrected chi connectivity index (χ1v) is 5.09. The van der Waals surface area contributed by atoms with Crippen molar-refractivity contribution in [1.29, 1.82) is 0 Å². The molecule has 0 saturated carbocycles. The van der Waals surface area contributed by atoms with Crippen LogP contribution in [-0.4, -0.2) is 19.1 Å². The molecular weight excluding hydrogens is 237 g/mol. The summed E-state index contributed by atoms with van der Waals surface area (Å²) in [6.07, 6.45) is 0. The van der Waals surface area contributed by atoms with Crippen LogP contribution in [0.5, 0.6) is 0 Å². The lowest BCUT2D eigenvalue weighted by molar-refractivity contribution is 0.252. The Morgan fingerprint density at radius 3 is 2.47 bits per heavy atom. The summed E-state index contributed by atoms with van der Waals surface area (Å²) in [6, 6.07) is 4.61. The summed E-state index contributed by atoms with van der Waals surface area (Å²) in [7, 11) is 0. The molecule has 82 valence electrons. The van der Waals surface area contributed by atoms with Crippen LogP contribution < -0.4 is 16.4 Å². The van der Waals surface area contributed by atoms with Gasteiger partial charge in [-0.2, -0.15) is 0 Å². The van der Waals surface area contributed by atoms with E-state index in [-0.39, 0.29) is 6.03 Å². The summed E-state index contributed by atoms with van der Waals surface area (Å²) >= 11 is 11.7. The Morgan fingerprint density at radius 2 is 1.93 bits per heavy atom. The van der Waals surface area contributed by atoms with E-state index in [2.05, 4.69) is 10.6 Å². The molecule has 15 heavy (non-hydrogen) atoms. The summed E-state index contributed by atoms with van der Waals surface area (Å²) in [5.41, 5.74) is 5.63. The van der Waals surface area contributed by atoms with Gasteiger partial charge in [-0.3, -0.25) is 0 Å². The monoisotopic (exact) mass is 247 g/mol. The Bertz CT molecular complexity index is 337. The highest BCUT2D eigenvalue weighted by atomic mass is 35.5. The van der Waals surface area contributed by atoms with Crippen molar-refractivity contribution in [3.8, 4) is 0 Å². The molecule has 1 rings (SSSR count). The van der Waals surface area contributed by atoms with Crippen molar-refractivity contribution in [1.82, 2.24) is 5.32 Å². The van der Waals surface area contributed by atoms with Crippen LogP contribution in [0, 0.1) is 0 Å². The van der Waals surface area contributed by atoms with Gasteiger partial charge in [0, 0.05) is 13.1 Å². The Hall–Kier alpha value is -0.970. The minimum absolute atomic E-state index is 0.379. The molecule has 0 spiro atoms. The fourth-order valence-electron chi connectivity index (χ4n) is 0.961. The molecule has 0 aliphatic heterocycles. The number of benzene rings is 1. The molecular formula is C9H11Cl2N3O. The number of carbonyl (C=O) groups excluding carboxylic acids is 1. The van der Waals surface area contributed by atoms with E-state index in [1.807, 2.05) is 0 Å². The van der Waals surface area contributed by atoms with E-state index >= 15 is 0 Å². The van der Waals surface area contributed by atoms with Crippen LogP contribution in [0.25, 0.3) is 0 Å². The van der Waals surface area contributed by atoms with Gasteiger partial charge in [0.25, 0.3) is 0 Å². The van der Waals surface area contributed by atoms with Crippen LogP contribution in [0.3, 0.4) is 0 Å². The highest BCUT2D eigenvalue weighted by molar-refractivity contribution is 6.39. The molecule has 0 aliphatic rings. The zero-order valence-corrected chi connectivity index (χ0v) is 9.40. The highest BCUT2D eigenvalue weighted by Gasteiger charge is 2.08. The van der Waals surface area contributed by atoms with Gasteiger partial charge in [0.15, 0.2) is 0 Å². The minimum Gasteiger partial charge on any atom is -0.337 e. The molecule has 0 fully saturated rings. The number of hydrogen-bond donors (Lipinski definition) is 3. The number of para-hydroxylation sites is 1. The van der Waals surface area contributed by atoms with Crippen molar-refractivity contribution in [3.05, 3.63) is 28.2 Å². The summed E-state index contributed by atoms with van der Waals surface area (Å²) in [5.74, 6) is 0. The van der Waals surface area contributed by atoms with Crippen LogP contribution in [0.15, 0.2) is 18.2 Å². The molecule has 4 N–H and O–H groups in total. The topological polar surface area (TPSA) is 67.1 Å². The molecule has 1 aromatic rings. The van der Waals surface area contributed by atoms with E-state index in [0.717, 1.165) is 0 Å². The Balaban J connectivity index is 2.68. The summed E-state index contributed by atoms with van der Waals surface area (Å²) in [4.78, 5) is 11.3. The van der Waals surface area contributed by atoms with Crippen LogP contribution in [0.1, 0.15) is 0 Å². The molecule has 0 aliphatic carbocycles. The Labute approximate surface area is 97.7 Å². The average Bonchev–Trinajstić information content (AvgIpc) is 2.21. The zero-order valence-electron chi connectivity index (χ0n) is 7.89. The van der Waals surface area contributed by atoms with Crippen molar-refractivity contribution in [2.45, 2.75) is 0 Å². The molecule has 1 aromatic carbocycles. The summed E-state index contributed by atoms with van der Waals surface area (Å²) in [6.45, 7) is 0.775. The first-order valence-electron chi connectivity index (χ1n) is 4.34. The number of carbonyl (C=O) groups is 1. The van der Waals surface area contributed by atoms with Gasteiger partial charge in [-0.05, 0) is 12.1 Å². The molecule has 0 aromatic heterocycles. The predicted molar refractivity (Wildman–Crippen MR) is 62.5 cm³/mol. The molecule has 0 atom stereocenters. The number of anilines is 1. The van der Waals surface area contributed by atoms with Crippen LogP contribution in [0.2, 0.25) is 10.0 Å². The van der Waals surface area contributed by atoms with E-state index in [1.165, 1.54) is 0 Å². The van der Waals surface area contributed by atoms with Gasteiger partial charge in [-0.25, -0.2) is 4.79 Å². The second kappa shape index (κ2) is 5.80. The average molecular weight is 248 g/mol. The number of urea groups is 1. The Morgan fingerprint density at radius 1 is 1.33 bits per heavy atom. The molecule has 2 amide bonds. The van der Waals surface area contributed by atoms with Gasteiger partial charge in [0.2, 0.25) is 0 Å². The highest BCUT2D eigenvalue weighted by Crippen LogP contribution is 2.29. The van der Waals surface area contributed by atoms with Gasteiger partial charge < -0.3 is 16.4 Å². The van der Waals surface area contributed by atoms with Crippen LogP contribution in [0.4, 0.5) is 10.5 Å². The molecule has 0 unspecified atom stereocenters. The summed E-state index contributed by atoms with van der Waals surface area (Å²) < 4.78 is 0. The van der Waals surface area contributed by atoms with E-state index in [1.54, 1.807) is 18.2 Å². The van der Waals surface area contributed by atoms with Gasteiger partial charge in [0.05, 0.1) is 15.7 Å². The largest absolute Gasteiger partial charge is 0.337 e. The number of nitrogens with two attached hydrogens (primary N) is 1. The smallest absolute Gasteiger partial charge is 0.319 e. The lowest BCUT2D eigenvalue weighted by Gasteiger charge is -2.09. The maximum atomic E-state index is 11.3. The first-order chi connectivity index (χ1) is 7.15. The van der Waals surface area contributed by atoms with Gasteiger partial charge in [0.1, 0.15) is 0 Å². The van der Waals surface area contributed by atoms with E-state index in [0.29, 0.717) is 28.8 Å². The number of rotatable bonds is 3. The first kappa shape index (κ1) is 12.1. The molecule has 0 heterocycles. The fraction of sp³-hybridized carbons (Fsp3) is 0.222. The third kappa shape index (κ3) is 3.58. The summed E-state index contributed by atoms with van der Waals surface area (Å²) in [5, 5.41) is 5.87. The SMILES string of the molecule is NCCNC(=O)Nc1c(Cl)cccc1Cl. The standard InChI is InChI=1S/C9H11Cl2N3O/c10-6-2-1-3-7(11)8(6)14-9(15)13-5-4-12/h1-3H,4-5,12H2,(H2,13,14,15). The van der Waals surface area contributed by atoms with Gasteiger partial charge in [-0.1, -0.05) is 29.3 Å². The van der Waals surface area contributed by atoms with E-state index in [9.17, 15) is 4.79 Å². The van der Waals surface area contributed by atoms with Crippen molar-refractivity contribution >= 4 is 34.9 Å². The molecule has 0 saturated heterocycles. The second-order valence-corrected chi connectivity index (χ2v) is 3.58. The third-order valence-electron chi connectivity index (χ3n) is 1.63. The number of amides is 2. The van der Waals surface area contributed by atoms with Crippen molar-refractivity contribution in [2.24, 2.45) is 5.73 Å².